The molecule has 38 heavy (non-hydrogen) atoms. The van der Waals surface area contributed by atoms with Crippen LogP contribution in [0.15, 0.2) is 72.8 Å². The van der Waals surface area contributed by atoms with Gasteiger partial charge in [-0.15, -0.1) is 0 Å². The number of ether oxygens (including phenoxy) is 4. The van der Waals surface area contributed by atoms with E-state index in [0.29, 0.717) is 19.6 Å². The lowest BCUT2D eigenvalue weighted by molar-refractivity contribution is -0.149. The van der Waals surface area contributed by atoms with Crippen molar-refractivity contribution in [2.45, 2.75) is 59.4 Å². The number of rotatable bonds is 14. The average Bonchev–Trinajstić information content (AvgIpc) is 2.86. The number of carboxylic acid groups (broad SMARTS) is 1. The maximum Gasteiger partial charge on any atom is 0.333 e. The van der Waals surface area contributed by atoms with E-state index in [0.717, 1.165) is 39.5 Å². The smallest absolute Gasteiger partial charge is 0.333 e. The quantitative estimate of drug-likeness (QED) is 0.246. The summed E-state index contributed by atoms with van der Waals surface area (Å²) in [6, 6.07) is 21.7. The van der Waals surface area contributed by atoms with Gasteiger partial charge in [0.1, 0.15) is 23.9 Å². The van der Waals surface area contributed by atoms with E-state index < -0.39 is 12.1 Å². The summed E-state index contributed by atoms with van der Waals surface area (Å²) in [6.45, 7) is 10.6. The van der Waals surface area contributed by atoms with Crippen LogP contribution in [0.4, 0.5) is 0 Å². The van der Waals surface area contributed by atoms with Gasteiger partial charge < -0.3 is 24.1 Å². The standard InChI is InChI=1S/C32H38O6/c1-6-35-31(32(33)34)18-25-11-15-28(16-12-25)36-17-7-8-24-9-13-26(14-10-24)27-19-29(37-22(2)3)21-30(20-27)38-23(4)5/h7-16,19-23,31H,6,17-18H2,1-5H3,(H,33,34)/b8-7+. The van der Waals surface area contributed by atoms with Crippen LogP contribution in [0, 0.1) is 0 Å². The van der Waals surface area contributed by atoms with Gasteiger partial charge in [-0.3, -0.25) is 0 Å². The Morgan fingerprint density at radius 2 is 1.42 bits per heavy atom. The van der Waals surface area contributed by atoms with Gasteiger partial charge in [-0.05, 0) is 87.2 Å². The zero-order chi connectivity index (χ0) is 27.5. The molecule has 3 rings (SSSR count). The molecule has 6 heteroatoms. The summed E-state index contributed by atoms with van der Waals surface area (Å²) in [7, 11) is 0. The predicted octanol–water partition coefficient (Wildman–Crippen LogP) is 7.05. The maximum atomic E-state index is 11.3. The number of benzene rings is 3. The molecule has 0 spiro atoms. The Bertz CT molecular complexity index is 1150. The van der Waals surface area contributed by atoms with Crippen LogP contribution in [0.25, 0.3) is 17.2 Å². The Hall–Kier alpha value is -3.77. The van der Waals surface area contributed by atoms with Gasteiger partial charge in [0.2, 0.25) is 0 Å². The number of carbonyl (C=O) groups is 1. The van der Waals surface area contributed by atoms with Crippen molar-refractivity contribution in [2.75, 3.05) is 13.2 Å². The highest BCUT2D eigenvalue weighted by Crippen LogP contribution is 2.31. The van der Waals surface area contributed by atoms with Gasteiger partial charge in [0, 0.05) is 19.1 Å². The SMILES string of the molecule is CCOC(Cc1ccc(OC/C=C/c2ccc(-c3cc(OC(C)C)cc(OC(C)C)c3)cc2)cc1)C(=O)O. The first-order valence-corrected chi connectivity index (χ1v) is 13.0. The molecular formula is C32H38O6. The van der Waals surface area contributed by atoms with Gasteiger partial charge in [0.25, 0.3) is 0 Å². The lowest BCUT2D eigenvalue weighted by Gasteiger charge is -2.16. The van der Waals surface area contributed by atoms with Crippen molar-refractivity contribution >= 4 is 12.0 Å². The fourth-order valence-electron chi connectivity index (χ4n) is 3.89. The zero-order valence-electron chi connectivity index (χ0n) is 22.8. The monoisotopic (exact) mass is 518 g/mol. The van der Waals surface area contributed by atoms with Crippen molar-refractivity contribution in [3.8, 4) is 28.4 Å². The van der Waals surface area contributed by atoms with Crippen molar-refractivity contribution < 1.29 is 28.8 Å². The van der Waals surface area contributed by atoms with Crippen LogP contribution in [0.5, 0.6) is 17.2 Å². The van der Waals surface area contributed by atoms with Crippen molar-refractivity contribution in [1.82, 2.24) is 0 Å². The third-order valence-corrected chi connectivity index (χ3v) is 5.51. The third-order valence-electron chi connectivity index (χ3n) is 5.51. The van der Waals surface area contributed by atoms with Crippen LogP contribution in [-0.2, 0) is 16.0 Å². The summed E-state index contributed by atoms with van der Waals surface area (Å²) in [6.07, 6.45) is 3.62. The van der Waals surface area contributed by atoms with Crippen LogP contribution < -0.4 is 14.2 Å². The Labute approximate surface area is 225 Å². The Balaban J connectivity index is 1.58. The van der Waals surface area contributed by atoms with E-state index in [1.165, 1.54) is 0 Å². The molecule has 0 saturated carbocycles. The zero-order valence-corrected chi connectivity index (χ0v) is 22.8. The highest BCUT2D eigenvalue weighted by Gasteiger charge is 2.17. The summed E-state index contributed by atoms with van der Waals surface area (Å²) in [4.78, 5) is 11.3. The summed E-state index contributed by atoms with van der Waals surface area (Å²) in [5.41, 5.74) is 4.07. The van der Waals surface area contributed by atoms with Gasteiger partial charge in [-0.2, -0.15) is 0 Å². The summed E-state index contributed by atoms with van der Waals surface area (Å²) < 4.78 is 22.9. The Morgan fingerprint density at radius 1 is 0.816 bits per heavy atom. The van der Waals surface area contributed by atoms with E-state index in [4.69, 9.17) is 18.9 Å². The van der Waals surface area contributed by atoms with Crippen LogP contribution in [0.2, 0.25) is 0 Å². The van der Waals surface area contributed by atoms with E-state index in [2.05, 4.69) is 24.3 Å². The summed E-state index contributed by atoms with van der Waals surface area (Å²) in [5.74, 6) is 1.35. The fourth-order valence-corrected chi connectivity index (χ4v) is 3.89. The largest absolute Gasteiger partial charge is 0.491 e. The first-order valence-electron chi connectivity index (χ1n) is 13.0. The minimum atomic E-state index is -0.955. The number of aliphatic carboxylic acids is 1. The van der Waals surface area contributed by atoms with Crippen LogP contribution in [-0.4, -0.2) is 42.6 Å². The lowest BCUT2D eigenvalue weighted by Crippen LogP contribution is -2.26. The third kappa shape index (κ3) is 9.27. The van der Waals surface area contributed by atoms with Crippen molar-refractivity contribution in [2.24, 2.45) is 0 Å². The van der Waals surface area contributed by atoms with Crippen LogP contribution in [0.3, 0.4) is 0 Å². The molecular weight excluding hydrogens is 480 g/mol. The second-order valence-electron chi connectivity index (χ2n) is 9.49. The molecule has 0 saturated heterocycles. The topological polar surface area (TPSA) is 74.2 Å². The van der Waals surface area contributed by atoms with E-state index in [-0.39, 0.29) is 12.2 Å². The molecule has 0 aromatic heterocycles. The molecule has 0 aliphatic rings. The van der Waals surface area contributed by atoms with Crippen molar-refractivity contribution in [3.05, 3.63) is 83.9 Å². The molecule has 202 valence electrons. The minimum Gasteiger partial charge on any atom is -0.491 e. The van der Waals surface area contributed by atoms with Gasteiger partial charge in [-0.1, -0.05) is 42.5 Å². The molecule has 0 aliphatic carbocycles. The minimum absolute atomic E-state index is 0.0782. The van der Waals surface area contributed by atoms with E-state index in [9.17, 15) is 9.90 Å². The molecule has 0 aliphatic heterocycles. The summed E-state index contributed by atoms with van der Waals surface area (Å²) >= 11 is 0. The lowest BCUT2D eigenvalue weighted by atomic mass is 10.0. The molecule has 0 amide bonds. The van der Waals surface area contributed by atoms with Crippen LogP contribution >= 0.6 is 0 Å². The molecule has 6 nitrogen and oxygen atoms in total. The average molecular weight is 519 g/mol. The molecule has 0 fully saturated rings. The molecule has 0 bridgehead atoms. The first kappa shape index (κ1) is 28.8. The normalized spacial score (nSPS) is 12.2. The van der Waals surface area contributed by atoms with E-state index in [1.54, 1.807) is 6.92 Å². The Morgan fingerprint density at radius 3 is 1.95 bits per heavy atom. The second kappa shape index (κ2) is 14.2. The van der Waals surface area contributed by atoms with Crippen molar-refractivity contribution in [3.63, 3.8) is 0 Å². The first-order chi connectivity index (χ1) is 18.2. The fraction of sp³-hybridized carbons (Fsp3) is 0.344. The number of hydrogen-bond acceptors (Lipinski definition) is 5. The summed E-state index contributed by atoms with van der Waals surface area (Å²) in [5, 5.41) is 9.24. The highest BCUT2D eigenvalue weighted by molar-refractivity contribution is 5.72. The van der Waals surface area contributed by atoms with Gasteiger partial charge in [0.15, 0.2) is 6.10 Å². The van der Waals surface area contributed by atoms with E-state index in [1.807, 2.05) is 82.3 Å². The van der Waals surface area contributed by atoms with Gasteiger partial charge in [0.05, 0.1) is 12.2 Å². The van der Waals surface area contributed by atoms with Gasteiger partial charge >= 0.3 is 5.97 Å². The molecule has 0 heterocycles. The van der Waals surface area contributed by atoms with Crippen LogP contribution in [0.1, 0.15) is 45.7 Å². The van der Waals surface area contributed by atoms with Crippen molar-refractivity contribution in [1.29, 1.82) is 0 Å². The Kier molecular flexibility index (Phi) is 10.8. The maximum absolute atomic E-state index is 11.3. The number of hydrogen-bond donors (Lipinski definition) is 1. The number of carboxylic acids is 1. The second-order valence-corrected chi connectivity index (χ2v) is 9.49. The molecule has 1 unspecified atom stereocenters. The van der Waals surface area contributed by atoms with Gasteiger partial charge in [-0.25, -0.2) is 4.79 Å². The molecule has 0 radical (unpaired) electrons. The molecule has 3 aromatic carbocycles. The molecule has 3 aromatic rings. The highest BCUT2D eigenvalue weighted by atomic mass is 16.5. The predicted molar refractivity (Wildman–Crippen MR) is 151 cm³/mol. The molecule has 1 N–H and O–H groups in total. The molecule has 1 atom stereocenters. The van der Waals surface area contributed by atoms with E-state index >= 15 is 0 Å².